The van der Waals surface area contributed by atoms with Gasteiger partial charge in [-0.1, -0.05) is 42.8 Å². The lowest BCUT2D eigenvalue weighted by Gasteiger charge is -2.15. The van der Waals surface area contributed by atoms with E-state index in [4.69, 9.17) is 0 Å². The molecule has 33 heavy (non-hydrogen) atoms. The molecule has 1 aromatic carbocycles. The van der Waals surface area contributed by atoms with Crippen LogP contribution in [0.2, 0.25) is 0 Å². The quantitative estimate of drug-likeness (QED) is 0.369. The van der Waals surface area contributed by atoms with Crippen molar-refractivity contribution in [3.05, 3.63) is 67.0 Å². The molecule has 8 nitrogen and oxygen atoms in total. The Bertz CT molecular complexity index is 1120. The highest BCUT2D eigenvalue weighted by Gasteiger charge is 2.20. The van der Waals surface area contributed by atoms with E-state index in [1.54, 1.807) is 42.7 Å². The van der Waals surface area contributed by atoms with Crippen LogP contribution in [0.3, 0.4) is 0 Å². The molecule has 2 aromatic heterocycles. The SMILES string of the molecule is C=CCn1c(SCC(=O)Nc2ccccc2C(=O)NC2CCCC2)nnc1-c1ccncc1. The molecule has 0 spiro atoms. The van der Waals surface area contributed by atoms with Crippen LogP contribution in [0, 0.1) is 0 Å². The van der Waals surface area contributed by atoms with E-state index in [-0.39, 0.29) is 23.6 Å². The van der Waals surface area contributed by atoms with Crippen molar-refractivity contribution in [3.63, 3.8) is 0 Å². The maximum atomic E-state index is 12.7. The van der Waals surface area contributed by atoms with Gasteiger partial charge in [0.15, 0.2) is 11.0 Å². The zero-order valence-corrected chi connectivity index (χ0v) is 19.1. The van der Waals surface area contributed by atoms with Gasteiger partial charge in [0.2, 0.25) is 5.91 Å². The molecule has 0 atom stereocenters. The van der Waals surface area contributed by atoms with Crippen LogP contribution in [0.4, 0.5) is 5.69 Å². The Hall–Kier alpha value is -3.46. The molecule has 4 rings (SSSR count). The van der Waals surface area contributed by atoms with E-state index in [9.17, 15) is 9.59 Å². The van der Waals surface area contributed by atoms with Crippen LogP contribution in [-0.2, 0) is 11.3 Å². The molecule has 2 N–H and O–H groups in total. The second-order valence-corrected chi connectivity index (χ2v) is 8.72. The van der Waals surface area contributed by atoms with E-state index in [1.165, 1.54) is 11.8 Å². The molecule has 1 aliphatic rings. The summed E-state index contributed by atoms with van der Waals surface area (Å²) in [6, 6.07) is 11.0. The smallest absolute Gasteiger partial charge is 0.253 e. The first-order valence-corrected chi connectivity index (χ1v) is 11.9. The average Bonchev–Trinajstić information content (AvgIpc) is 3.49. The van der Waals surface area contributed by atoms with Crippen molar-refractivity contribution in [3.8, 4) is 11.4 Å². The normalized spacial score (nSPS) is 13.6. The Morgan fingerprint density at radius 1 is 1.12 bits per heavy atom. The van der Waals surface area contributed by atoms with E-state index < -0.39 is 0 Å². The lowest BCUT2D eigenvalue weighted by atomic mass is 10.1. The number of hydrogen-bond donors (Lipinski definition) is 2. The first-order valence-electron chi connectivity index (χ1n) is 10.9. The number of benzene rings is 1. The van der Waals surface area contributed by atoms with Gasteiger partial charge in [0.1, 0.15) is 0 Å². The summed E-state index contributed by atoms with van der Waals surface area (Å²) in [5.74, 6) is 0.441. The summed E-state index contributed by atoms with van der Waals surface area (Å²) < 4.78 is 1.91. The lowest BCUT2D eigenvalue weighted by molar-refractivity contribution is -0.113. The number of carbonyl (C=O) groups is 2. The van der Waals surface area contributed by atoms with Gasteiger partial charge in [-0.2, -0.15) is 0 Å². The van der Waals surface area contributed by atoms with Gasteiger partial charge in [-0.25, -0.2) is 0 Å². The first kappa shape index (κ1) is 22.7. The number of allylic oxidation sites excluding steroid dienone is 1. The number of nitrogens with zero attached hydrogens (tertiary/aromatic N) is 4. The van der Waals surface area contributed by atoms with Crippen LogP contribution in [0.15, 0.2) is 66.6 Å². The summed E-state index contributed by atoms with van der Waals surface area (Å²) in [5.41, 5.74) is 1.86. The third kappa shape index (κ3) is 5.67. The first-order chi connectivity index (χ1) is 16.2. The molecule has 1 fully saturated rings. The van der Waals surface area contributed by atoms with Crippen LogP contribution >= 0.6 is 11.8 Å². The molecule has 2 heterocycles. The van der Waals surface area contributed by atoms with Crippen molar-refractivity contribution in [2.24, 2.45) is 0 Å². The molecular formula is C24H26N6O2S. The summed E-state index contributed by atoms with van der Waals surface area (Å²) in [4.78, 5) is 29.5. The Morgan fingerprint density at radius 2 is 1.88 bits per heavy atom. The number of pyridine rings is 1. The number of thioether (sulfide) groups is 1. The van der Waals surface area contributed by atoms with Crippen molar-refractivity contribution in [2.45, 2.75) is 43.4 Å². The van der Waals surface area contributed by atoms with Gasteiger partial charge in [-0.15, -0.1) is 16.8 Å². The van der Waals surface area contributed by atoms with Gasteiger partial charge >= 0.3 is 0 Å². The van der Waals surface area contributed by atoms with Gasteiger partial charge < -0.3 is 10.6 Å². The summed E-state index contributed by atoms with van der Waals surface area (Å²) >= 11 is 1.28. The number of para-hydroxylation sites is 1. The van der Waals surface area contributed by atoms with E-state index in [1.807, 2.05) is 16.7 Å². The second-order valence-electron chi connectivity index (χ2n) is 7.78. The van der Waals surface area contributed by atoms with Crippen molar-refractivity contribution < 1.29 is 9.59 Å². The fourth-order valence-electron chi connectivity index (χ4n) is 3.84. The van der Waals surface area contributed by atoms with Crippen LogP contribution < -0.4 is 10.6 Å². The van der Waals surface area contributed by atoms with Gasteiger partial charge in [0.05, 0.1) is 17.0 Å². The third-order valence-electron chi connectivity index (χ3n) is 5.44. The Labute approximate surface area is 196 Å². The van der Waals surface area contributed by atoms with E-state index in [0.29, 0.717) is 28.8 Å². The third-order valence-corrected chi connectivity index (χ3v) is 6.40. The molecule has 2 amide bonds. The minimum Gasteiger partial charge on any atom is -0.349 e. The number of amides is 2. The highest BCUT2D eigenvalue weighted by molar-refractivity contribution is 7.99. The van der Waals surface area contributed by atoms with E-state index >= 15 is 0 Å². The zero-order valence-electron chi connectivity index (χ0n) is 18.2. The van der Waals surface area contributed by atoms with Crippen molar-refractivity contribution in [1.82, 2.24) is 25.1 Å². The monoisotopic (exact) mass is 462 g/mol. The highest BCUT2D eigenvalue weighted by Crippen LogP contribution is 2.25. The highest BCUT2D eigenvalue weighted by atomic mass is 32.2. The fourth-order valence-corrected chi connectivity index (χ4v) is 4.59. The number of rotatable bonds is 9. The molecule has 0 bridgehead atoms. The van der Waals surface area contributed by atoms with Crippen LogP contribution in [0.1, 0.15) is 36.0 Å². The molecule has 0 unspecified atom stereocenters. The van der Waals surface area contributed by atoms with Gasteiger partial charge in [-0.05, 0) is 37.1 Å². The molecule has 0 saturated heterocycles. The maximum absolute atomic E-state index is 12.7. The molecule has 0 aliphatic heterocycles. The van der Waals surface area contributed by atoms with Gasteiger partial charge in [0.25, 0.3) is 5.91 Å². The summed E-state index contributed by atoms with van der Waals surface area (Å²) in [6.07, 6.45) is 9.44. The molecular weight excluding hydrogens is 436 g/mol. The van der Waals surface area contributed by atoms with E-state index in [2.05, 4.69) is 32.4 Å². The minimum absolute atomic E-state index is 0.129. The van der Waals surface area contributed by atoms with Crippen molar-refractivity contribution in [2.75, 3.05) is 11.1 Å². The fraction of sp³-hybridized carbons (Fsp3) is 0.292. The molecule has 170 valence electrons. The Kier molecular flexibility index (Phi) is 7.51. The van der Waals surface area contributed by atoms with Crippen molar-refractivity contribution >= 4 is 29.3 Å². The van der Waals surface area contributed by atoms with Crippen LogP contribution in [-0.4, -0.2) is 43.4 Å². The molecule has 9 heteroatoms. The summed E-state index contributed by atoms with van der Waals surface area (Å²) in [6.45, 7) is 4.32. The molecule has 1 saturated carbocycles. The summed E-state index contributed by atoms with van der Waals surface area (Å²) in [5, 5.41) is 15.1. The number of anilines is 1. The predicted molar refractivity (Wildman–Crippen MR) is 129 cm³/mol. The number of nitrogens with one attached hydrogen (secondary N) is 2. The largest absolute Gasteiger partial charge is 0.349 e. The van der Waals surface area contributed by atoms with Gasteiger partial charge in [0, 0.05) is 30.5 Å². The Morgan fingerprint density at radius 3 is 2.64 bits per heavy atom. The molecule has 3 aromatic rings. The number of hydrogen-bond acceptors (Lipinski definition) is 6. The maximum Gasteiger partial charge on any atom is 0.253 e. The standard InChI is InChI=1S/C24H26N6O2S/c1-2-15-30-22(17-11-13-25-14-12-17)28-29-24(30)33-16-21(31)27-20-10-6-5-9-19(20)23(32)26-18-7-3-4-8-18/h2,5-6,9-14,18H,1,3-4,7-8,15-16H2,(H,26,32)(H,27,31). The van der Waals surface area contributed by atoms with E-state index in [0.717, 1.165) is 31.2 Å². The topological polar surface area (TPSA) is 102 Å². The summed E-state index contributed by atoms with van der Waals surface area (Å²) in [7, 11) is 0. The molecule has 0 radical (unpaired) electrons. The minimum atomic E-state index is -0.222. The lowest BCUT2D eigenvalue weighted by Crippen LogP contribution is -2.33. The number of carbonyl (C=O) groups excluding carboxylic acids is 2. The Balaban J connectivity index is 1.42. The zero-order chi connectivity index (χ0) is 23.0. The average molecular weight is 463 g/mol. The second kappa shape index (κ2) is 10.9. The molecule has 1 aliphatic carbocycles. The number of aromatic nitrogens is 4. The van der Waals surface area contributed by atoms with Gasteiger partial charge in [-0.3, -0.25) is 19.1 Å². The van der Waals surface area contributed by atoms with Crippen LogP contribution in [0.25, 0.3) is 11.4 Å². The van der Waals surface area contributed by atoms with Crippen molar-refractivity contribution in [1.29, 1.82) is 0 Å². The van der Waals surface area contributed by atoms with Crippen LogP contribution in [0.5, 0.6) is 0 Å². The predicted octanol–water partition coefficient (Wildman–Crippen LogP) is 3.93.